The zero-order valence-electron chi connectivity index (χ0n) is 13.7. The Bertz CT molecular complexity index is 908. The van der Waals surface area contributed by atoms with Crippen LogP contribution in [0.5, 0.6) is 5.75 Å². The fraction of sp³-hybridized carbons (Fsp3) is 0.222. The first-order valence-corrected chi connectivity index (χ1v) is 8.09. The first-order chi connectivity index (χ1) is 12.3. The van der Waals surface area contributed by atoms with Crippen molar-refractivity contribution in [3.63, 3.8) is 0 Å². The van der Waals surface area contributed by atoms with Crippen molar-refractivity contribution in [1.82, 2.24) is 15.1 Å². The number of benzene rings is 1. The molecule has 1 aliphatic rings. The molecule has 2 aromatic heterocycles. The summed E-state index contributed by atoms with van der Waals surface area (Å²) in [4.78, 5) is 22.5. The van der Waals surface area contributed by atoms with E-state index in [-0.39, 0.29) is 12.5 Å². The van der Waals surface area contributed by atoms with Gasteiger partial charge in [0.15, 0.2) is 6.61 Å². The van der Waals surface area contributed by atoms with Crippen LogP contribution < -0.4 is 9.64 Å². The second-order valence-electron chi connectivity index (χ2n) is 5.65. The smallest absolute Gasteiger partial charge is 0.276 e. The summed E-state index contributed by atoms with van der Waals surface area (Å²) in [6.45, 7) is 2.74. The summed E-state index contributed by atoms with van der Waals surface area (Å²) in [7, 11) is 0. The normalized spacial score (nSPS) is 13.5. The SMILES string of the molecule is CCCN1C(=O)COc2ccc(-c3noc(-c4ccccn4)n3)cc21. The van der Waals surface area contributed by atoms with Gasteiger partial charge >= 0.3 is 0 Å². The molecule has 3 heterocycles. The molecule has 0 radical (unpaired) electrons. The zero-order chi connectivity index (χ0) is 17.2. The van der Waals surface area contributed by atoms with E-state index in [4.69, 9.17) is 9.26 Å². The van der Waals surface area contributed by atoms with Crippen molar-refractivity contribution >= 4 is 11.6 Å². The molecule has 0 unspecified atom stereocenters. The number of hydrogen-bond acceptors (Lipinski definition) is 6. The van der Waals surface area contributed by atoms with Crippen molar-refractivity contribution < 1.29 is 14.1 Å². The van der Waals surface area contributed by atoms with E-state index in [1.807, 2.05) is 37.3 Å². The molecule has 4 rings (SSSR count). The van der Waals surface area contributed by atoms with Crippen LogP contribution in [0.4, 0.5) is 5.69 Å². The molecular weight excluding hydrogens is 320 g/mol. The molecule has 0 spiro atoms. The summed E-state index contributed by atoms with van der Waals surface area (Å²) in [6.07, 6.45) is 2.53. The number of carbonyl (C=O) groups is 1. The Morgan fingerprint density at radius 1 is 1.24 bits per heavy atom. The highest BCUT2D eigenvalue weighted by Crippen LogP contribution is 2.35. The number of carbonyl (C=O) groups excluding carboxylic acids is 1. The number of ether oxygens (including phenoxy) is 1. The Morgan fingerprint density at radius 2 is 2.16 bits per heavy atom. The molecule has 1 amide bonds. The van der Waals surface area contributed by atoms with Gasteiger partial charge in [-0.25, -0.2) is 0 Å². The molecule has 3 aromatic rings. The van der Waals surface area contributed by atoms with E-state index in [0.29, 0.717) is 29.7 Å². The fourth-order valence-electron chi connectivity index (χ4n) is 2.74. The molecule has 1 aliphatic heterocycles. The van der Waals surface area contributed by atoms with Gasteiger partial charge in [-0.05, 0) is 36.8 Å². The summed E-state index contributed by atoms with van der Waals surface area (Å²) < 4.78 is 10.8. The number of anilines is 1. The van der Waals surface area contributed by atoms with E-state index < -0.39 is 0 Å². The van der Waals surface area contributed by atoms with E-state index in [0.717, 1.165) is 17.7 Å². The highest BCUT2D eigenvalue weighted by atomic mass is 16.5. The lowest BCUT2D eigenvalue weighted by atomic mass is 10.1. The summed E-state index contributed by atoms with van der Waals surface area (Å²) in [5, 5.41) is 4.03. The lowest BCUT2D eigenvalue weighted by Gasteiger charge is -2.29. The second-order valence-corrected chi connectivity index (χ2v) is 5.65. The molecule has 0 fully saturated rings. The van der Waals surface area contributed by atoms with E-state index in [2.05, 4.69) is 15.1 Å². The molecule has 1 aromatic carbocycles. The van der Waals surface area contributed by atoms with E-state index in [9.17, 15) is 4.79 Å². The minimum Gasteiger partial charge on any atom is -0.482 e. The molecule has 7 nitrogen and oxygen atoms in total. The predicted molar refractivity (Wildman–Crippen MR) is 91.1 cm³/mol. The van der Waals surface area contributed by atoms with Crippen molar-refractivity contribution in [2.75, 3.05) is 18.1 Å². The maximum Gasteiger partial charge on any atom is 0.276 e. The molecule has 0 saturated heterocycles. The standard InChI is InChI=1S/C18H16N4O3/c1-2-9-22-14-10-12(6-7-15(14)24-11-16(22)23)17-20-18(25-21-17)13-5-3-4-8-19-13/h3-8,10H,2,9,11H2,1H3. The third kappa shape index (κ3) is 2.84. The van der Waals surface area contributed by atoms with Gasteiger partial charge in [0.1, 0.15) is 11.4 Å². The number of amides is 1. The third-order valence-corrected chi connectivity index (χ3v) is 3.92. The van der Waals surface area contributed by atoms with Crippen LogP contribution in [0.1, 0.15) is 13.3 Å². The number of fused-ring (bicyclic) bond motifs is 1. The fourth-order valence-corrected chi connectivity index (χ4v) is 2.74. The van der Waals surface area contributed by atoms with Crippen LogP contribution in [0.2, 0.25) is 0 Å². The molecule has 0 aliphatic carbocycles. The molecule has 0 atom stereocenters. The molecular formula is C18H16N4O3. The molecule has 0 N–H and O–H groups in total. The van der Waals surface area contributed by atoms with Crippen molar-refractivity contribution in [2.24, 2.45) is 0 Å². The monoisotopic (exact) mass is 336 g/mol. The first-order valence-electron chi connectivity index (χ1n) is 8.09. The first kappa shape index (κ1) is 15.3. The van der Waals surface area contributed by atoms with Gasteiger partial charge in [0.25, 0.3) is 11.8 Å². The average molecular weight is 336 g/mol. The highest BCUT2D eigenvalue weighted by Gasteiger charge is 2.25. The summed E-state index contributed by atoms with van der Waals surface area (Å²) in [5.74, 6) is 1.43. The van der Waals surface area contributed by atoms with Crippen molar-refractivity contribution in [3.8, 4) is 28.7 Å². The number of nitrogens with zero attached hydrogens (tertiary/aromatic N) is 4. The summed E-state index contributed by atoms with van der Waals surface area (Å²) in [5.41, 5.74) is 2.11. The summed E-state index contributed by atoms with van der Waals surface area (Å²) >= 11 is 0. The number of hydrogen-bond donors (Lipinski definition) is 0. The van der Waals surface area contributed by atoms with E-state index >= 15 is 0 Å². The van der Waals surface area contributed by atoms with Crippen molar-refractivity contribution in [3.05, 3.63) is 42.6 Å². The van der Waals surface area contributed by atoms with E-state index in [1.54, 1.807) is 17.2 Å². The zero-order valence-corrected chi connectivity index (χ0v) is 13.7. The van der Waals surface area contributed by atoms with Gasteiger partial charge in [0, 0.05) is 18.3 Å². The predicted octanol–water partition coefficient (Wildman–Crippen LogP) is 2.93. The van der Waals surface area contributed by atoms with Gasteiger partial charge in [0.05, 0.1) is 5.69 Å². The number of rotatable bonds is 4. The Kier molecular flexibility index (Phi) is 3.89. The third-order valence-electron chi connectivity index (χ3n) is 3.92. The molecule has 25 heavy (non-hydrogen) atoms. The number of aromatic nitrogens is 3. The Labute approximate surface area is 144 Å². The van der Waals surface area contributed by atoms with Gasteiger partial charge in [-0.2, -0.15) is 4.98 Å². The highest BCUT2D eigenvalue weighted by molar-refractivity contribution is 5.98. The molecule has 0 bridgehead atoms. The Morgan fingerprint density at radius 3 is 2.96 bits per heavy atom. The Hall–Kier alpha value is -3.22. The lowest BCUT2D eigenvalue weighted by molar-refractivity contribution is -0.121. The topological polar surface area (TPSA) is 81.4 Å². The largest absolute Gasteiger partial charge is 0.482 e. The van der Waals surface area contributed by atoms with Crippen LogP contribution in [-0.4, -0.2) is 34.2 Å². The maximum absolute atomic E-state index is 12.1. The van der Waals surface area contributed by atoms with Gasteiger partial charge in [0.2, 0.25) is 5.82 Å². The summed E-state index contributed by atoms with van der Waals surface area (Å²) in [6, 6.07) is 11.0. The minimum atomic E-state index is -0.0474. The molecule has 0 saturated carbocycles. The minimum absolute atomic E-state index is 0.0474. The average Bonchev–Trinajstić information content (AvgIpc) is 3.15. The molecule has 7 heteroatoms. The van der Waals surface area contributed by atoms with Gasteiger partial charge in [-0.15, -0.1) is 0 Å². The second kappa shape index (κ2) is 6.35. The van der Waals surface area contributed by atoms with Gasteiger partial charge < -0.3 is 14.2 Å². The van der Waals surface area contributed by atoms with Crippen molar-refractivity contribution in [2.45, 2.75) is 13.3 Å². The quantitative estimate of drug-likeness (QED) is 0.728. The van der Waals surface area contributed by atoms with Crippen LogP contribution in [-0.2, 0) is 4.79 Å². The van der Waals surface area contributed by atoms with E-state index in [1.165, 1.54) is 0 Å². The Balaban J connectivity index is 1.70. The molecule has 126 valence electrons. The van der Waals surface area contributed by atoms with Crippen LogP contribution >= 0.6 is 0 Å². The lowest BCUT2D eigenvalue weighted by Crippen LogP contribution is -2.39. The maximum atomic E-state index is 12.1. The van der Waals surface area contributed by atoms with Crippen LogP contribution in [0.25, 0.3) is 23.0 Å². The van der Waals surface area contributed by atoms with Gasteiger partial charge in [-0.3, -0.25) is 9.78 Å². The van der Waals surface area contributed by atoms with Crippen LogP contribution in [0.15, 0.2) is 47.1 Å². The van der Waals surface area contributed by atoms with Crippen molar-refractivity contribution in [1.29, 1.82) is 0 Å². The number of pyridine rings is 1. The van der Waals surface area contributed by atoms with Crippen LogP contribution in [0, 0.1) is 0 Å². The van der Waals surface area contributed by atoms with Crippen LogP contribution in [0.3, 0.4) is 0 Å². The van der Waals surface area contributed by atoms with Gasteiger partial charge in [-0.1, -0.05) is 18.1 Å².